The van der Waals surface area contributed by atoms with E-state index >= 15 is 0 Å². The van der Waals surface area contributed by atoms with Gasteiger partial charge in [-0.15, -0.1) is 0 Å². The highest BCUT2D eigenvalue weighted by Crippen LogP contribution is 2.67. The Bertz CT molecular complexity index is 559. The summed E-state index contributed by atoms with van der Waals surface area (Å²) in [4.78, 5) is 0. The van der Waals surface area contributed by atoms with Gasteiger partial charge in [0.05, 0.1) is 24.9 Å². The van der Waals surface area contributed by atoms with Crippen LogP contribution in [0.2, 0.25) is 18.1 Å². The van der Waals surface area contributed by atoms with Crippen LogP contribution in [0.1, 0.15) is 53.9 Å². The highest BCUT2D eigenvalue weighted by Gasteiger charge is 2.44. The molecule has 5 atom stereocenters. The molecule has 2 heterocycles. The second-order valence-corrected chi connectivity index (χ2v) is 20.0. The normalized spacial score (nSPS) is 30.6. The lowest BCUT2D eigenvalue weighted by Crippen LogP contribution is -2.46. The monoisotopic (exact) mass is 486 g/mol. The minimum Gasteiger partial charge on any atom is -0.411 e. The van der Waals surface area contributed by atoms with Crippen LogP contribution in [0.4, 0.5) is 0 Å². The number of ether oxygens (including phenoxy) is 2. The zero-order valence-corrected chi connectivity index (χ0v) is 22.5. The van der Waals surface area contributed by atoms with Crippen LogP contribution in [0.3, 0.4) is 0 Å². The Morgan fingerprint density at radius 3 is 2.28 bits per heavy atom. The first-order valence-electron chi connectivity index (χ1n) is 10.7. The van der Waals surface area contributed by atoms with E-state index in [0.717, 1.165) is 25.0 Å². The average molecular weight is 487 g/mol. The number of hydrogen-bond acceptors (Lipinski definition) is 8. The molecule has 2 unspecified atom stereocenters. The fraction of sp³-hybridized carbons (Fsp3) is 1.00. The van der Waals surface area contributed by atoms with E-state index in [9.17, 15) is 4.57 Å². The maximum Gasteiger partial charge on any atom is 0.400 e. The fourth-order valence-electron chi connectivity index (χ4n) is 3.12. The predicted octanol–water partition coefficient (Wildman–Crippen LogP) is 6.28. The van der Waals surface area contributed by atoms with Crippen LogP contribution in [0, 0.1) is 0 Å². The summed E-state index contributed by atoms with van der Waals surface area (Å²) in [6, 6.07) is 0. The maximum atomic E-state index is 13.5. The van der Waals surface area contributed by atoms with E-state index in [-0.39, 0.29) is 36.1 Å². The summed E-state index contributed by atoms with van der Waals surface area (Å²) in [5.74, 6) is 0.830. The Balaban J connectivity index is 1.99. The summed E-state index contributed by atoms with van der Waals surface area (Å²) < 4.78 is 43.5. The number of rotatable bonds is 11. The quantitative estimate of drug-likeness (QED) is 0.192. The van der Waals surface area contributed by atoms with E-state index < -0.39 is 15.1 Å². The molecular formula is C19H39O6PS2Si. The van der Waals surface area contributed by atoms with E-state index in [2.05, 4.69) is 40.8 Å². The molecular weight excluding hydrogens is 447 g/mol. The molecule has 2 aliphatic heterocycles. The van der Waals surface area contributed by atoms with Crippen molar-refractivity contribution in [3.05, 3.63) is 0 Å². The van der Waals surface area contributed by atoms with Gasteiger partial charge in [0.15, 0.2) is 8.32 Å². The molecule has 0 aliphatic carbocycles. The molecule has 0 amide bonds. The Morgan fingerprint density at radius 2 is 1.69 bits per heavy atom. The molecule has 0 spiro atoms. The van der Waals surface area contributed by atoms with Gasteiger partial charge in [0.25, 0.3) is 0 Å². The van der Waals surface area contributed by atoms with Crippen LogP contribution in [0.5, 0.6) is 0 Å². The first kappa shape index (κ1) is 26.2. The van der Waals surface area contributed by atoms with Crippen molar-refractivity contribution in [1.82, 2.24) is 0 Å². The third-order valence-electron chi connectivity index (χ3n) is 5.88. The Hall–Kier alpha value is 0.947. The lowest BCUT2D eigenvalue weighted by atomic mass is 10.1. The van der Waals surface area contributed by atoms with Crippen molar-refractivity contribution in [2.24, 2.45) is 0 Å². The van der Waals surface area contributed by atoms with E-state index in [0.29, 0.717) is 13.2 Å². The smallest absolute Gasteiger partial charge is 0.400 e. The van der Waals surface area contributed by atoms with Crippen molar-refractivity contribution in [2.45, 2.75) is 96.4 Å². The summed E-state index contributed by atoms with van der Waals surface area (Å²) in [6.07, 6.45) is 2.00. The molecule has 29 heavy (non-hydrogen) atoms. The first-order valence-corrected chi connectivity index (χ1v) is 18.0. The lowest BCUT2D eigenvalue weighted by molar-refractivity contribution is 0.00551. The molecule has 0 aromatic rings. The molecule has 0 bridgehead atoms. The Morgan fingerprint density at radius 1 is 1.07 bits per heavy atom. The van der Waals surface area contributed by atoms with E-state index in [4.69, 9.17) is 22.9 Å². The number of hydrogen-bond donors (Lipinski definition) is 0. The van der Waals surface area contributed by atoms with Gasteiger partial charge < -0.3 is 13.9 Å². The maximum absolute atomic E-state index is 13.5. The van der Waals surface area contributed by atoms with Crippen molar-refractivity contribution in [1.29, 1.82) is 0 Å². The lowest BCUT2D eigenvalue weighted by Gasteiger charge is -2.39. The largest absolute Gasteiger partial charge is 0.411 e. The summed E-state index contributed by atoms with van der Waals surface area (Å²) in [6.45, 7) is 13.5. The Labute approximate surface area is 185 Å². The Kier molecular flexibility index (Phi) is 10.1. The first-order chi connectivity index (χ1) is 13.5. The van der Waals surface area contributed by atoms with Crippen LogP contribution < -0.4 is 0 Å². The minimum absolute atomic E-state index is 0.0171. The fourth-order valence-corrected chi connectivity index (χ4v) is 10.0. The molecule has 2 fully saturated rings. The van der Waals surface area contributed by atoms with Crippen molar-refractivity contribution in [3.8, 4) is 0 Å². The minimum atomic E-state index is -3.32. The molecule has 0 N–H and O–H groups in total. The van der Waals surface area contributed by atoms with Crippen LogP contribution in [0.15, 0.2) is 0 Å². The van der Waals surface area contributed by atoms with Gasteiger partial charge in [-0.1, -0.05) is 45.4 Å². The van der Waals surface area contributed by atoms with Crippen LogP contribution in [-0.2, 0) is 27.5 Å². The zero-order chi connectivity index (χ0) is 21.7. The molecule has 6 nitrogen and oxygen atoms in total. The van der Waals surface area contributed by atoms with Gasteiger partial charge in [-0.25, -0.2) is 4.57 Å². The molecule has 10 heteroatoms. The van der Waals surface area contributed by atoms with Gasteiger partial charge in [-0.2, -0.15) is 0 Å². The van der Waals surface area contributed by atoms with Gasteiger partial charge in [-0.3, -0.25) is 9.05 Å². The second-order valence-electron chi connectivity index (χ2n) is 9.09. The van der Waals surface area contributed by atoms with Gasteiger partial charge in [0.2, 0.25) is 0 Å². The summed E-state index contributed by atoms with van der Waals surface area (Å²) in [5.41, 5.74) is 0. The third kappa shape index (κ3) is 7.50. The van der Waals surface area contributed by atoms with Crippen molar-refractivity contribution >= 4 is 36.3 Å². The third-order valence-corrected chi connectivity index (χ3v) is 16.6. The van der Waals surface area contributed by atoms with Crippen molar-refractivity contribution in [3.63, 3.8) is 0 Å². The molecule has 172 valence electrons. The van der Waals surface area contributed by atoms with Crippen LogP contribution in [-0.4, -0.2) is 58.3 Å². The van der Waals surface area contributed by atoms with E-state index in [1.807, 2.05) is 6.92 Å². The van der Waals surface area contributed by atoms with Gasteiger partial charge in [0.1, 0.15) is 6.10 Å². The molecule has 0 radical (unpaired) electrons. The van der Waals surface area contributed by atoms with Gasteiger partial charge in [-0.05, 0) is 31.0 Å². The van der Waals surface area contributed by atoms with Crippen molar-refractivity contribution in [2.75, 3.05) is 25.6 Å². The van der Waals surface area contributed by atoms with Gasteiger partial charge >= 0.3 is 6.80 Å². The molecule has 0 aromatic carbocycles. The summed E-state index contributed by atoms with van der Waals surface area (Å²) in [5, 5.41) is 0.130. The molecule has 2 rings (SSSR count). The average Bonchev–Trinajstić information content (AvgIpc) is 3.26. The van der Waals surface area contributed by atoms with Gasteiger partial charge in [0, 0.05) is 35.8 Å². The topological polar surface area (TPSA) is 63.2 Å². The van der Waals surface area contributed by atoms with Crippen molar-refractivity contribution < 1.29 is 27.5 Å². The van der Waals surface area contributed by atoms with E-state index in [1.54, 1.807) is 0 Å². The summed E-state index contributed by atoms with van der Waals surface area (Å²) >= 11 is 0. The molecule has 2 aliphatic rings. The van der Waals surface area contributed by atoms with E-state index in [1.165, 1.54) is 21.2 Å². The molecule has 0 aromatic heterocycles. The molecule has 0 saturated carbocycles. The highest BCUT2D eigenvalue weighted by molar-refractivity contribution is 8.98. The van der Waals surface area contributed by atoms with Crippen LogP contribution in [0.25, 0.3) is 0 Å². The predicted molar refractivity (Wildman–Crippen MR) is 125 cm³/mol. The zero-order valence-electron chi connectivity index (χ0n) is 19.0. The second kappa shape index (κ2) is 11.2. The summed E-state index contributed by atoms with van der Waals surface area (Å²) in [7, 11) is 0.798. The van der Waals surface area contributed by atoms with Crippen LogP contribution >= 0.6 is 28.0 Å². The highest BCUT2D eigenvalue weighted by atomic mass is 33.3. The standard InChI is InChI=1S/C19H39O6PS2Si/c1-8-15-16(10-12-21-15)24-26(20,28-27-9-2)23-14-18-17(11-13-22-18)25-29(6,7)19(3,4)5/h15-18H,8-14H2,1-7H3/t15-,16?,17?,18-,26+/m1/s1. The SMILES string of the molecule is CCSS[P@@](=O)(OC[C@H]1OCCC1O[Si](C)(C)C(C)(C)C)OC1CCO[C@@H]1CC. The molecule has 2 saturated heterocycles.